The zero-order chi connectivity index (χ0) is 57.0. The Morgan fingerprint density at radius 3 is 0.738 bits per heavy atom. The van der Waals surface area contributed by atoms with Crippen LogP contribution in [0.5, 0.6) is 0 Å². The van der Waals surface area contributed by atoms with Crippen molar-refractivity contribution >= 4 is 66.4 Å². The van der Waals surface area contributed by atoms with E-state index >= 15 is 17.6 Å². The van der Waals surface area contributed by atoms with Crippen molar-refractivity contribution in [3.63, 3.8) is 0 Å². The summed E-state index contributed by atoms with van der Waals surface area (Å²) in [6, 6.07) is 82.0. The summed E-state index contributed by atoms with van der Waals surface area (Å²) >= 11 is 0. The highest BCUT2D eigenvalue weighted by Gasteiger charge is 2.29. The third-order valence-corrected chi connectivity index (χ3v) is 15.8. The summed E-state index contributed by atoms with van der Waals surface area (Å²) in [5, 5.41) is 4.30. The van der Waals surface area contributed by atoms with E-state index in [1.54, 1.807) is 82.6 Å². The second-order valence-electron chi connectivity index (χ2n) is 20.8. The molecule has 8 heteroatoms. The Hall–Kier alpha value is -10.7. The molecule has 0 bridgehead atoms. The van der Waals surface area contributed by atoms with Gasteiger partial charge < -0.3 is 9.80 Å². The standard InChI is InChI=1S/C76H46F6N2/c77-61-33-25-51(26-34-61)49-17-21-53(22-18-49)57-31-39-67(81)73(43-57)83(71-41-55(29-37-65(71)79)47-9-3-1-4-10-47)69-45-59-13-8-16-64-70(46-60-14-7-15-63(69)75(60)76(59)64)84(72-42-56(30-38-66(72)80)48-11-5-2-6-12-48)74-44-58(32-40-68(74)82)54-23-19-50(20-24-54)52-27-35-62(78)36-28-52/h1-46H. The van der Waals surface area contributed by atoms with Crippen molar-refractivity contribution < 1.29 is 26.3 Å². The van der Waals surface area contributed by atoms with E-state index < -0.39 is 23.3 Å². The monoisotopic (exact) mass is 1100 g/mol. The fraction of sp³-hybridized carbons (Fsp3) is 0. The Morgan fingerprint density at radius 1 is 0.190 bits per heavy atom. The van der Waals surface area contributed by atoms with E-state index in [-0.39, 0.29) is 34.4 Å². The summed E-state index contributed by atoms with van der Waals surface area (Å²) < 4.78 is 96.6. The molecule has 0 spiro atoms. The minimum atomic E-state index is -0.595. The first-order valence-electron chi connectivity index (χ1n) is 27.4. The fourth-order valence-electron chi connectivity index (χ4n) is 11.7. The first-order chi connectivity index (χ1) is 41.1. The molecule has 14 aromatic carbocycles. The molecule has 14 aromatic rings. The van der Waals surface area contributed by atoms with Gasteiger partial charge in [-0.3, -0.25) is 0 Å². The van der Waals surface area contributed by atoms with E-state index in [0.29, 0.717) is 55.2 Å². The maximum Gasteiger partial charge on any atom is 0.147 e. The van der Waals surface area contributed by atoms with Crippen LogP contribution in [0.25, 0.3) is 99.1 Å². The summed E-state index contributed by atoms with van der Waals surface area (Å²) in [6.07, 6.45) is 0. The summed E-state index contributed by atoms with van der Waals surface area (Å²) in [6.45, 7) is 0. The van der Waals surface area contributed by atoms with Gasteiger partial charge in [-0.1, -0.05) is 194 Å². The molecule has 14 rings (SSSR count). The molecule has 0 N–H and O–H groups in total. The minimum Gasteiger partial charge on any atom is -0.304 e. The van der Waals surface area contributed by atoms with Crippen molar-refractivity contribution in [2.45, 2.75) is 0 Å². The molecule has 0 aromatic heterocycles. The maximum absolute atomic E-state index is 17.3. The number of nitrogens with zero attached hydrogens (tertiary/aromatic N) is 2. The van der Waals surface area contributed by atoms with Gasteiger partial charge in [0.25, 0.3) is 0 Å². The highest BCUT2D eigenvalue weighted by atomic mass is 19.1. The van der Waals surface area contributed by atoms with Crippen molar-refractivity contribution in [3.05, 3.63) is 314 Å². The largest absolute Gasteiger partial charge is 0.304 e. The van der Waals surface area contributed by atoms with Gasteiger partial charge >= 0.3 is 0 Å². The van der Waals surface area contributed by atoms with Gasteiger partial charge in [-0.05, 0) is 173 Å². The minimum absolute atomic E-state index is 0.0927. The Morgan fingerprint density at radius 2 is 0.440 bits per heavy atom. The molecule has 0 unspecified atom stereocenters. The van der Waals surface area contributed by atoms with Crippen molar-refractivity contribution in [3.8, 4) is 66.8 Å². The fourth-order valence-corrected chi connectivity index (χ4v) is 11.7. The number of hydrogen-bond acceptors (Lipinski definition) is 2. The predicted octanol–water partition coefficient (Wildman–Crippen LogP) is 22.4. The predicted molar refractivity (Wildman–Crippen MR) is 332 cm³/mol. The molecule has 0 fully saturated rings. The number of rotatable bonds is 12. The van der Waals surface area contributed by atoms with Crippen LogP contribution in [0.15, 0.2) is 279 Å². The average Bonchev–Trinajstić information content (AvgIpc) is 1.35. The van der Waals surface area contributed by atoms with E-state index in [4.69, 9.17) is 0 Å². The van der Waals surface area contributed by atoms with Gasteiger partial charge in [0.2, 0.25) is 0 Å². The number of anilines is 6. The molecule has 0 amide bonds. The molecule has 0 heterocycles. The van der Waals surface area contributed by atoms with E-state index in [1.807, 2.05) is 158 Å². The van der Waals surface area contributed by atoms with Gasteiger partial charge in [0.05, 0.1) is 34.1 Å². The Balaban J connectivity index is 0.974. The first-order valence-corrected chi connectivity index (χ1v) is 27.4. The maximum atomic E-state index is 17.3. The topological polar surface area (TPSA) is 6.48 Å². The Labute approximate surface area is 481 Å². The van der Waals surface area contributed by atoms with Gasteiger partial charge in [-0.15, -0.1) is 0 Å². The lowest BCUT2D eigenvalue weighted by molar-refractivity contribution is 0.619. The van der Waals surface area contributed by atoms with Crippen LogP contribution in [-0.2, 0) is 0 Å². The van der Waals surface area contributed by atoms with Crippen LogP contribution in [0.2, 0.25) is 0 Å². The van der Waals surface area contributed by atoms with Crippen LogP contribution < -0.4 is 9.80 Å². The van der Waals surface area contributed by atoms with Gasteiger partial charge in [0.1, 0.15) is 34.9 Å². The lowest BCUT2D eigenvalue weighted by Gasteiger charge is -2.31. The molecule has 402 valence electrons. The van der Waals surface area contributed by atoms with Gasteiger partial charge in [0.15, 0.2) is 0 Å². The second-order valence-corrected chi connectivity index (χ2v) is 20.8. The molecule has 0 aliphatic rings. The van der Waals surface area contributed by atoms with Crippen LogP contribution in [0.4, 0.5) is 60.5 Å². The summed E-state index contributed by atoms with van der Waals surface area (Å²) in [4.78, 5) is 3.31. The zero-order valence-electron chi connectivity index (χ0n) is 44.7. The Bertz CT molecular complexity index is 4460. The highest BCUT2D eigenvalue weighted by molar-refractivity contribution is 6.29. The molecule has 0 saturated heterocycles. The van der Waals surface area contributed by atoms with Crippen molar-refractivity contribution in [1.82, 2.24) is 0 Å². The van der Waals surface area contributed by atoms with Gasteiger partial charge in [-0.25, -0.2) is 26.3 Å². The van der Waals surface area contributed by atoms with E-state index in [9.17, 15) is 8.78 Å². The van der Waals surface area contributed by atoms with Crippen LogP contribution in [0, 0.1) is 34.9 Å². The van der Waals surface area contributed by atoms with Crippen LogP contribution in [0.3, 0.4) is 0 Å². The van der Waals surface area contributed by atoms with Crippen molar-refractivity contribution in [1.29, 1.82) is 0 Å². The van der Waals surface area contributed by atoms with Gasteiger partial charge in [-0.2, -0.15) is 0 Å². The lowest BCUT2D eigenvalue weighted by atomic mass is 9.90. The molecule has 0 radical (unpaired) electrons. The van der Waals surface area contributed by atoms with Crippen molar-refractivity contribution in [2.75, 3.05) is 9.80 Å². The van der Waals surface area contributed by atoms with E-state index in [1.165, 1.54) is 48.5 Å². The lowest BCUT2D eigenvalue weighted by Crippen LogP contribution is -2.15. The molecule has 84 heavy (non-hydrogen) atoms. The highest BCUT2D eigenvalue weighted by Crippen LogP contribution is 2.52. The first kappa shape index (κ1) is 51.4. The normalized spacial score (nSPS) is 11.5. The van der Waals surface area contributed by atoms with Crippen LogP contribution in [-0.4, -0.2) is 0 Å². The smallest absolute Gasteiger partial charge is 0.147 e. The zero-order valence-corrected chi connectivity index (χ0v) is 44.7. The van der Waals surface area contributed by atoms with E-state index in [0.717, 1.165) is 55.3 Å². The molecule has 0 aliphatic heterocycles. The third kappa shape index (κ3) is 9.43. The van der Waals surface area contributed by atoms with E-state index in [2.05, 4.69) is 0 Å². The number of hydrogen-bond donors (Lipinski definition) is 0. The molecule has 0 atom stereocenters. The second kappa shape index (κ2) is 21.3. The number of benzene rings is 14. The molecule has 0 saturated carbocycles. The van der Waals surface area contributed by atoms with Gasteiger partial charge in [0, 0.05) is 10.8 Å². The average molecular weight is 1100 g/mol. The van der Waals surface area contributed by atoms with Crippen LogP contribution in [0.1, 0.15) is 0 Å². The third-order valence-electron chi connectivity index (χ3n) is 15.8. The Kier molecular flexibility index (Phi) is 13.1. The van der Waals surface area contributed by atoms with Crippen LogP contribution >= 0.6 is 0 Å². The molecule has 0 aliphatic carbocycles. The summed E-state index contributed by atoms with van der Waals surface area (Å²) in [7, 11) is 0. The molecular weight excluding hydrogens is 1050 g/mol. The quantitative estimate of drug-likeness (QED) is 0.0889. The SMILES string of the molecule is Fc1ccc(-c2ccc(-c3ccc(F)c(N(c4cc(-c5ccccc5)ccc4F)c4cc5cccc6c(N(c7cc(-c8ccccc8)ccc7F)c7cc(-c8ccc(-c9ccc(F)cc9)cc8)ccc7F)cc7cccc4c7c56)c3)cc2)cc1. The molecule has 2 nitrogen and oxygen atoms in total. The summed E-state index contributed by atoms with van der Waals surface area (Å²) in [5.74, 6) is -3.02. The number of halogens is 6. The summed E-state index contributed by atoms with van der Waals surface area (Å²) in [5.41, 5.74) is 10.8. The van der Waals surface area contributed by atoms with Crippen molar-refractivity contribution in [2.24, 2.45) is 0 Å². The molecular formula is C76H46F6N2.